The first-order valence-corrected chi connectivity index (χ1v) is 3.79. The first kappa shape index (κ1) is 8.21. The number of aromatic nitrogens is 1. The molecule has 0 fully saturated rings. The van der Waals surface area contributed by atoms with E-state index in [1.807, 2.05) is 6.92 Å². The molecule has 0 aliphatic carbocycles. The van der Waals surface area contributed by atoms with Crippen molar-refractivity contribution < 1.29 is 4.79 Å². The third kappa shape index (κ3) is 1.77. The lowest BCUT2D eigenvalue weighted by molar-refractivity contribution is 0.102. The van der Waals surface area contributed by atoms with Crippen LogP contribution < -0.4 is 0 Å². The molecule has 0 aliphatic rings. The van der Waals surface area contributed by atoms with Crippen LogP contribution in [-0.2, 0) is 0 Å². The van der Waals surface area contributed by atoms with E-state index in [9.17, 15) is 4.79 Å². The van der Waals surface area contributed by atoms with E-state index in [0.717, 1.165) is 5.56 Å². The van der Waals surface area contributed by atoms with Gasteiger partial charge < -0.3 is 0 Å². The van der Waals surface area contributed by atoms with Crippen LogP contribution in [0.25, 0.3) is 0 Å². The van der Waals surface area contributed by atoms with E-state index in [0.29, 0.717) is 5.56 Å². The first-order valence-electron chi connectivity index (χ1n) is 3.25. The molecular formula is C8H8ClNO. The quantitative estimate of drug-likeness (QED) is 0.499. The molecule has 0 atom stereocenters. The standard InChI is InChI=1S/C8H8ClNO/c1-6-5-10-3-2-7(6)8(11)4-9/h2-3,5H,4H2,1H3. The molecule has 2 nitrogen and oxygen atoms in total. The lowest BCUT2D eigenvalue weighted by atomic mass is 10.1. The summed E-state index contributed by atoms with van der Waals surface area (Å²) in [7, 11) is 0. The number of carbonyl (C=O) groups is 1. The van der Waals surface area contributed by atoms with Gasteiger partial charge in [0.1, 0.15) is 0 Å². The number of pyridine rings is 1. The Kier molecular flexibility index (Phi) is 2.60. The van der Waals surface area contributed by atoms with Gasteiger partial charge in [-0.05, 0) is 18.6 Å². The number of ketones is 1. The fourth-order valence-electron chi connectivity index (χ4n) is 0.858. The highest BCUT2D eigenvalue weighted by molar-refractivity contribution is 6.30. The minimum absolute atomic E-state index is 0.0326. The Balaban J connectivity index is 3.03. The van der Waals surface area contributed by atoms with Gasteiger partial charge in [0.05, 0.1) is 5.88 Å². The fourth-order valence-corrected chi connectivity index (χ4v) is 1.00. The number of rotatable bonds is 2. The largest absolute Gasteiger partial charge is 0.293 e. The van der Waals surface area contributed by atoms with Gasteiger partial charge in [-0.2, -0.15) is 0 Å². The zero-order valence-corrected chi connectivity index (χ0v) is 6.93. The molecule has 1 heterocycles. The molecular weight excluding hydrogens is 162 g/mol. The molecule has 0 aliphatic heterocycles. The Hall–Kier alpha value is -0.890. The van der Waals surface area contributed by atoms with E-state index < -0.39 is 0 Å². The average Bonchev–Trinajstić information content (AvgIpc) is 2.04. The molecule has 3 heteroatoms. The minimum atomic E-state index is -0.0495. The Morgan fingerprint density at radius 2 is 2.45 bits per heavy atom. The van der Waals surface area contributed by atoms with Crippen molar-refractivity contribution in [3.63, 3.8) is 0 Å². The van der Waals surface area contributed by atoms with Crippen molar-refractivity contribution in [2.75, 3.05) is 5.88 Å². The monoisotopic (exact) mass is 169 g/mol. The summed E-state index contributed by atoms with van der Waals surface area (Å²) in [5.74, 6) is -0.0169. The normalized spacial score (nSPS) is 9.64. The van der Waals surface area contributed by atoms with E-state index in [1.54, 1.807) is 18.5 Å². The molecule has 1 aromatic heterocycles. The molecule has 1 rings (SSSR count). The lowest BCUT2D eigenvalue weighted by Gasteiger charge is -1.99. The number of Topliss-reactive ketones (excluding diaryl/α,β-unsaturated/α-hetero) is 1. The highest BCUT2D eigenvalue weighted by Crippen LogP contribution is 2.06. The predicted molar refractivity (Wildman–Crippen MR) is 44.0 cm³/mol. The SMILES string of the molecule is Cc1cnccc1C(=O)CCl. The molecule has 0 unspecified atom stereocenters. The van der Waals surface area contributed by atoms with Crippen molar-refractivity contribution in [2.45, 2.75) is 6.92 Å². The summed E-state index contributed by atoms with van der Waals surface area (Å²) in [6.07, 6.45) is 3.24. The summed E-state index contributed by atoms with van der Waals surface area (Å²) in [6, 6.07) is 1.68. The first-order chi connectivity index (χ1) is 5.25. The minimum Gasteiger partial charge on any atom is -0.293 e. The van der Waals surface area contributed by atoms with Gasteiger partial charge >= 0.3 is 0 Å². The highest BCUT2D eigenvalue weighted by atomic mass is 35.5. The van der Waals surface area contributed by atoms with Gasteiger partial charge in [-0.25, -0.2) is 0 Å². The smallest absolute Gasteiger partial charge is 0.177 e. The maximum atomic E-state index is 11.1. The van der Waals surface area contributed by atoms with Gasteiger partial charge in [0, 0.05) is 18.0 Å². The van der Waals surface area contributed by atoms with Gasteiger partial charge in [-0.1, -0.05) is 0 Å². The number of halogens is 1. The summed E-state index contributed by atoms with van der Waals surface area (Å²) in [4.78, 5) is 14.9. The molecule has 0 N–H and O–H groups in total. The average molecular weight is 170 g/mol. The van der Waals surface area contributed by atoms with Crippen LogP contribution in [0.5, 0.6) is 0 Å². The van der Waals surface area contributed by atoms with Crippen LogP contribution in [0.15, 0.2) is 18.5 Å². The molecule has 1 aromatic rings. The summed E-state index contributed by atoms with van der Waals surface area (Å²) >= 11 is 5.39. The van der Waals surface area contributed by atoms with Crippen LogP contribution >= 0.6 is 11.6 Å². The molecule has 0 radical (unpaired) electrons. The summed E-state index contributed by atoms with van der Waals surface area (Å²) in [5, 5.41) is 0. The van der Waals surface area contributed by atoms with Gasteiger partial charge in [-0.3, -0.25) is 9.78 Å². The number of hydrogen-bond acceptors (Lipinski definition) is 2. The third-order valence-corrected chi connectivity index (χ3v) is 1.68. The van der Waals surface area contributed by atoms with E-state index >= 15 is 0 Å². The zero-order chi connectivity index (χ0) is 8.27. The van der Waals surface area contributed by atoms with Crippen LogP contribution in [0.1, 0.15) is 15.9 Å². The maximum absolute atomic E-state index is 11.1. The van der Waals surface area contributed by atoms with Crippen molar-refractivity contribution in [1.29, 1.82) is 0 Å². The number of hydrogen-bond donors (Lipinski definition) is 0. The Morgan fingerprint density at radius 1 is 1.73 bits per heavy atom. The van der Waals surface area contributed by atoms with E-state index in [4.69, 9.17) is 11.6 Å². The van der Waals surface area contributed by atoms with Crippen LogP contribution in [0.4, 0.5) is 0 Å². The van der Waals surface area contributed by atoms with E-state index in [1.165, 1.54) is 0 Å². The van der Waals surface area contributed by atoms with Gasteiger partial charge in [0.25, 0.3) is 0 Å². The lowest BCUT2D eigenvalue weighted by Crippen LogP contribution is -2.02. The van der Waals surface area contributed by atoms with Crippen molar-refractivity contribution in [3.05, 3.63) is 29.6 Å². The Labute approximate surface area is 70.2 Å². The predicted octanol–water partition coefficient (Wildman–Crippen LogP) is 1.81. The van der Waals surface area contributed by atoms with Crippen molar-refractivity contribution >= 4 is 17.4 Å². The van der Waals surface area contributed by atoms with E-state index in [-0.39, 0.29) is 11.7 Å². The number of alkyl halides is 1. The fraction of sp³-hybridized carbons (Fsp3) is 0.250. The summed E-state index contributed by atoms with van der Waals surface area (Å²) in [5.41, 5.74) is 1.54. The molecule has 58 valence electrons. The number of aryl methyl sites for hydroxylation is 1. The number of nitrogens with zero attached hydrogens (tertiary/aromatic N) is 1. The van der Waals surface area contributed by atoms with Gasteiger partial charge in [-0.15, -0.1) is 11.6 Å². The zero-order valence-electron chi connectivity index (χ0n) is 6.17. The van der Waals surface area contributed by atoms with Crippen LogP contribution in [-0.4, -0.2) is 16.6 Å². The van der Waals surface area contributed by atoms with Crippen molar-refractivity contribution in [3.8, 4) is 0 Å². The molecule has 11 heavy (non-hydrogen) atoms. The van der Waals surface area contributed by atoms with Crippen LogP contribution in [0, 0.1) is 6.92 Å². The molecule has 0 saturated carbocycles. The van der Waals surface area contributed by atoms with Gasteiger partial charge in [0.2, 0.25) is 0 Å². The second kappa shape index (κ2) is 3.49. The van der Waals surface area contributed by atoms with Crippen molar-refractivity contribution in [2.24, 2.45) is 0 Å². The van der Waals surface area contributed by atoms with Gasteiger partial charge in [0.15, 0.2) is 5.78 Å². The third-order valence-electron chi connectivity index (χ3n) is 1.44. The second-order valence-electron chi connectivity index (χ2n) is 2.25. The molecule has 0 bridgehead atoms. The molecule has 0 amide bonds. The number of carbonyl (C=O) groups excluding carboxylic acids is 1. The topological polar surface area (TPSA) is 30.0 Å². The Bertz CT molecular complexity index is 273. The highest BCUT2D eigenvalue weighted by Gasteiger charge is 2.05. The van der Waals surface area contributed by atoms with E-state index in [2.05, 4.69) is 4.98 Å². The van der Waals surface area contributed by atoms with Crippen LogP contribution in [0.3, 0.4) is 0 Å². The summed E-state index contributed by atoms with van der Waals surface area (Å²) in [6.45, 7) is 1.84. The maximum Gasteiger partial charge on any atom is 0.177 e. The van der Waals surface area contributed by atoms with Crippen LogP contribution in [0.2, 0.25) is 0 Å². The molecule has 0 aromatic carbocycles. The molecule has 0 saturated heterocycles. The van der Waals surface area contributed by atoms with Crippen molar-refractivity contribution in [1.82, 2.24) is 4.98 Å². The Morgan fingerprint density at radius 3 is 3.00 bits per heavy atom. The molecule has 0 spiro atoms. The summed E-state index contributed by atoms with van der Waals surface area (Å²) < 4.78 is 0. The second-order valence-corrected chi connectivity index (χ2v) is 2.51.